The average Bonchev–Trinajstić information content (AvgIpc) is 2.49. The Morgan fingerprint density at radius 2 is 1.90 bits per heavy atom. The van der Waals surface area contributed by atoms with E-state index in [0.29, 0.717) is 0 Å². The number of benzene rings is 1. The molecule has 0 bridgehead atoms. The number of carbonyl (C=O) groups is 1. The number of nitrogens with one attached hydrogen (secondary N) is 1. The van der Waals surface area contributed by atoms with Crippen LogP contribution in [-0.2, 0) is 4.79 Å². The summed E-state index contributed by atoms with van der Waals surface area (Å²) in [5.41, 5.74) is 4.81. The Bertz CT molecular complexity index is 485. The highest BCUT2D eigenvalue weighted by molar-refractivity contribution is 5.86. The summed E-state index contributed by atoms with van der Waals surface area (Å²) in [5.74, 6) is 0.216. The number of carbonyl (C=O) groups excluding carboxylic acids is 1. The smallest absolute Gasteiger partial charge is 0.243 e. The Morgan fingerprint density at radius 1 is 1.20 bits per heavy atom. The van der Waals surface area contributed by atoms with Gasteiger partial charge in [0.15, 0.2) is 0 Å². The van der Waals surface area contributed by atoms with Gasteiger partial charge in [-0.1, -0.05) is 55.7 Å². The molecule has 1 fully saturated rings. The molecular formula is C17H22N2O. The molecule has 20 heavy (non-hydrogen) atoms. The van der Waals surface area contributed by atoms with Crippen LogP contribution in [0, 0.1) is 5.92 Å². The first-order valence-corrected chi connectivity index (χ1v) is 7.32. The van der Waals surface area contributed by atoms with E-state index in [0.717, 1.165) is 36.8 Å². The predicted octanol–water partition coefficient (Wildman–Crippen LogP) is 3.77. The second-order valence-corrected chi connectivity index (χ2v) is 5.37. The molecule has 0 unspecified atom stereocenters. The molecule has 1 aromatic rings. The van der Waals surface area contributed by atoms with Gasteiger partial charge >= 0.3 is 0 Å². The van der Waals surface area contributed by atoms with Gasteiger partial charge in [-0.05, 0) is 30.9 Å². The van der Waals surface area contributed by atoms with Crippen molar-refractivity contribution in [1.29, 1.82) is 0 Å². The monoisotopic (exact) mass is 270 g/mol. The van der Waals surface area contributed by atoms with E-state index in [1.807, 2.05) is 43.3 Å². The van der Waals surface area contributed by atoms with Crippen LogP contribution in [0.3, 0.4) is 0 Å². The minimum Gasteiger partial charge on any atom is -0.273 e. The highest BCUT2D eigenvalue weighted by Crippen LogP contribution is 2.23. The molecule has 0 spiro atoms. The molecule has 1 N–H and O–H groups in total. The lowest BCUT2D eigenvalue weighted by molar-refractivity contribution is -0.125. The molecule has 1 aliphatic rings. The molecule has 2 rings (SSSR count). The Hall–Kier alpha value is -1.90. The molecule has 1 saturated carbocycles. The summed E-state index contributed by atoms with van der Waals surface area (Å²) in [7, 11) is 0. The fourth-order valence-corrected chi connectivity index (χ4v) is 2.50. The SMILES string of the molecule is CC(/C=N/NC(=O)C1CCCCC1)=C\c1ccccc1. The summed E-state index contributed by atoms with van der Waals surface area (Å²) in [4.78, 5) is 11.9. The summed E-state index contributed by atoms with van der Waals surface area (Å²) in [6, 6.07) is 10.1. The minimum atomic E-state index is 0.0634. The van der Waals surface area contributed by atoms with Gasteiger partial charge in [0.1, 0.15) is 0 Å². The van der Waals surface area contributed by atoms with Gasteiger partial charge in [0, 0.05) is 5.92 Å². The van der Waals surface area contributed by atoms with Crippen molar-refractivity contribution in [3.8, 4) is 0 Å². The molecule has 0 aromatic heterocycles. The van der Waals surface area contributed by atoms with E-state index in [9.17, 15) is 4.79 Å². The number of hydrogen-bond acceptors (Lipinski definition) is 2. The van der Waals surface area contributed by atoms with Crippen molar-refractivity contribution in [3.63, 3.8) is 0 Å². The summed E-state index contributed by atoms with van der Waals surface area (Å²) >= 11 is 0. The van der Waals surface area contributed by atoms with Crippen LogP contribution >= 0.6 is 0 Å². The molecular weight excluding hydrogens is 248 g/mol. The van der Waals surface area contributed by atoms with Crippen molar-refractivity contribution >= 4 is 18.2 Å². The summed E-state index contributed by atoms with van der Waals surface area (Å²) in [6.45, 7) is 1.98. The Morgan fingerprint density at radius 3 is 2.60 bits per heavy atom. The number of nitrogens with zero attached hydrogens (tertiary/aromatic N) is 1. The third-order valence-electron chi connectivity index (χ3n) is 3.61. The second-order valence-electron chi connectivity index (χ2n) is 5.37. The van der Waals surface area contributed by atoms with Crippen LogP contribution in [0.1, 0.15) is 44.6 Å². The highest BCUT2D eigenvalue weighted by Gasteiger charge is 2.20. The van der Waals surface area contributed by atoms with Crippen LogP contribution in [0.5, 0.6) is 0 Å². The maximum Gasteiger partial charge on any atom is 0.243 e. The first-order chi connectivity index (χ1) is 9.75. The zero-order valence-corrected chi connectivity index (χ0v) is 12.0. The molecule has 0 saturated heterocycles. The van der Waals surface area contributed by atoms with Crippen LogP contribution in [0.2, 0.25) is 0 Å². The molecule has 3 nitrogen and oxygen atoms in total. The van der Waals surface area contributed by atoms with Crippen LogP contribution in [0.25, 0.3) is 6.08 Å². The Balaban J connectivity index is 1.83. The molecule has 1 aliphatic carbocycles. The van der Waals surface area contributed by atoms with E-state index < -0.39 is 0 Å². The van der Waals surface area contributed by atoms with E-state index in [1.54, 1.807) is 6.21 Å². The fraction of sp³-hybridized carbons (Fsp3) is 0.412. The lowest BCUT2D eigenvalue weighted by Gasteiger charge is -2.19. The van der Waals surface area contributed by atoms with Gasteiger partial charge in [0.2, 0.25) is 5.91 Å². The maximum atomic E-state index is 11.9. The number of hydrazone groups is 1. The van der Waals surface area contributed by atoms with Crippen molar-refractivity contribution in [1.82, 2.24) is 5.43 Å². The minimum absolute atomic E-state index is 0.0634. The largest absolute Gasteiger partial charge is 0.273 e. The van der Waals surface area contributed by atoms with Gasteiger partial charge in [-0.3, -0.25) is 4.79 Å². The molecule has 106 valence electrons. The molecule has 0 atom stereocenters. The highest BCUT2D eigenvalue weighted by atomic mass is 16.2. The van der Waals surface area contributed by atoms with Crippen LogP contribution in [-0.4, -0.2) is 12.1 Å². The summed E-state index contributed by atoms with van der Waals surface area (Å²) in [6.07, 6.45) is 9.32. The number of rotatable bonds is 4. The van der Waals surface area contributed by atoms with E-state index in [1.165, 1.54) is 6.42 Å². The van der Waals surface area contributed by atoms with E-state index >= 15 is 0 Å². The molecule has 0 radical (unpaired) electrons. The van der Waals surface area contributed by atoms with Gasteiger partial charge in [0.25, 0.3) is 0 Å². The molecule has 0 heterocycles. The quantitative estimate of drug-likeness (QED) is 0.656. The second kappa shape index (κ2) is 7.63. The number of hydrogen-bond donors (Lipinski definition) is 1. The van der Waals surface area contributed by atoms with E-state index in [4.69, 9.17) is 0 Å². The lowest BCUT2D eigenvalue weighted by Crippen LogP contribution is -2.28. The molecule has 1 aromatic carbocycles. The van der Waals surface area contributed by atoms with Gasteiger partial charge in [0.05, 0.1) is 6.21 Å². The van der Waals surface area contributed by atoms with Gasteiger partial charge in [-0.15, -0.1) is 0 Å². The van der Waals surface area contributed by atoms with Gasteiger partial charge in [-0.25, -0.2) is 5.43 Å². The Kier molecular flexibility index (Phi) is 5.54. The van der Waals surface area contributed by atoms with E-state index in [-0.39, 0.29) is 11.8 Å². The average molecular weight is 270 g/mol. The predicted molar refractivity (Wildman–Crippen MR) is 83.3 cm³/mol. The third-order valence-corrected chi connectivity index (χ3v) is 3.61. The topological polar surface area (TPSA) is 41.5 Å². The number of amides is 1. The zero-order chi connectivity index (χ0) is 14.2. The maximum absolute atomic E-state index is 11.9. The Labute approximate surface area is 120 Å². The molecule has 0 aliphatic heterocycles. The fourth-order valence-electron chi connectivity index (χ4n) is 2.50. The molecule has 1 amide bonds. The van der Waals surface area contributed by atoms with Crippen LogP contribution < -0.4 is 5.43 Å². The first kappa shape index (κ1) is 14.5. The van der Waals surface area contributed by atoms with E-state index in [2.05, 4.69) is 10.5 Å². The zero-order valence-electron chi connectivity index (χ0n) is 12.0. The molecule has 3 heteroatoms. The van der Waals surface area contributed by atoms with Crippen molar-refractivity contribution in [3.05, 3.63) is 41.5 Å². The van der Waals surface area contributed by atoms with Crippen LogP contribution in [0.4, 0.5) is 0 Å². The summed E-state index contributed by atoms with van der Waals surface area (Å²) < 4.78 is 0. The first-order valence-electron chi connectivity index (χ1n) is 7.32. The van der Waals surface area contributed by atoms with Gasteiger partial charge < -0.3 is 0 Å². The lowest BCUT2D eigenvalue weighted by atomic mass is 9.89. The van der Waals surface area contributed by atoms with Gasteiger partial charge in [-0.2, -0.15) is 5.10 Å². The summed E-state index contributed by atoms with van der Waals surface area (Å²) in [5, 5.41) is 4.05. The normalized spacial score (nSPS) is 17.4. The standard InChI is InChI=1S/C17H22N2O/c1-14(12-15-8-4-2-5-9-15)13-18-19-17(20)16-10-6-3-7-11-16/h2,4-5,8-9,12-13,16H,3,6-7,10-11H2,1H3,(H,19,20)/b14-12+,18-13+. The van der Waals surface area contributed by atoms with Crippen molar-refractivity contribution < 1.29 is 4.79 Å². The van der Waals surface area contributed by atoms with Crippen molar-refractivity contribution in [2.45, 2.75) is 39.0 Å². The van der Waals surface area contributed by atoms with Crippen molar-refractivity contribution in [2.24, 2.45) is 11.0 Å². The number of allylic oxidation sites excluding steroid dienone is 1. The third kappa shape index (κ3) is 4.65. The van der Waals surface area contributed by atoms with Crippen molar-refractivity contribution in [2.75, 3.05) is 0 Å². The van der Waals surface area contributed by atoms with Crippen LogP contribution in [0.15, 0.2) is 41.0 Å².